The maximum absolute atomic E-state index is 5.62. The van der Waals surface area contributed by atoms with Crippen molar-refractivity contribution in [2.24, 2.45) is 10.9 Å². The van der Waals surface area contributed by atoms with Gasteiger partial charge in [0.1, 0.15) is 5.76 Å². The molecule has 0 spiro atoms. The van der Waals surface area contributed by atoms with Gasteiger partial charge in [-0.25, -0.2) is 0 Å². The second-order valence-electron chi connectivity index (χ2n) is 6.35. The molecule has 1 aromatic heterocycles. The van der Waals surface area contributed by atoms with Crippen molar-refractivity contribution < 1.29 is 13.9 Å². The predicted octanol–water partition coefficient (Wildman–Crippen LogP) is 2.78. The molecule has 2 rings (SSSR count). The van der Waals surface area contributed by atoms with E-state index in [1.54, 1.807) is 6.26 Å². The van der Waals surface area contributed by atoms with Crippen LogP contribution in [0, 0.1) is 5.92 Å². The van der Waals surface area contributed by atoms with E-state index in [9.17, 15) is 0 Å². The molecule has 0 saturated carbocycles. The Kier molecular flexibility index (Phi) is 9.68. The molecule has 6 nitrogen and oxygen atoms in total. The monoisotopic (exact) mass is 451 g/mol. The number of furan rings is 1. The van der Waals surface area contributed by atoms with Crippen LogP contribution in [-0.2, 0) is 15.9 Å². The Morgan fingerprint density at radius 3 is 2.58 bits per heavy atom. The van der Waals surface area contributed by atoms with Gasteiger partial charge in [-0.2, -0.15) is 0 Å². The van der Waals surface area contributed by atoms with Crippen molar-refractivity contribution in [3.05, 3.63) is 24.2 Å². The highest BCUT2D eigenvalue weighted by molar-refractivity contribution is 14.0. The second-order valence-corrected chi connectivity index (χ2v) is 6.35. The van der Waals surface area contributed by atoms with Crippen molar-refractivity contribution in [1.82, 2.24) is 10.6 Å². The summed E-state index contributed by atoms with van der Waals surface area (Å²) in [6, 6.07) is 3.89. The summed E-state index contributed by atoms with van der Waals surface area (Å²) in [7, 11) is 0. The molecule has 1 fully saturated rings. The minimum absolute atomic E-state index is 0. The largest absolute Gasteiger partial charge is 0.469 e. The Balaban J connectivity index is 0.00000288. The van der Waals surface area contributed by atoms with Crippen molar-refractivity contribution >= 4 is 29.9 Å². The lowest BCUT2D eigenvalue weighted by atomic mass is 10.2. The quantitative estimate of drug-likeness (QED) is 0.362. The lowest BCUT2D eigenvalue weighted by Gasteiger charge is -2.23. The number of guanidine groups is 1. The van der Waals surface area contributed by atoms with Gasteiger partial charge in [-0.3, -0.25) is 4.99 Å². The van der Waals surface area contributed by atoms with Crippen LogP contribution in [0.4, 0.5) is 0 Å². The average molecular weight is 451 g/mol. The summed E-state index contributed by atoms with van der Waals surface area (Å²) in [5.41, 5.74) is 0. The van der Waals surface area contributed by atoms with Crippen LogP contribution in [0.1, 0.15) is 33.0 Å². The first kappa shape index (κ1) is 21.2. The lowest BCUT2D eigenvalue weighted by Crippen LogP contribution is -2.41. The molecule has 0 unspecified atom stereocenters. The van der Waals surface area contributed by atoms with Gasteiger partial charge in [-0.05, 0) is 25.0 Å². The van der Waals surface area contributed by atoms with Gasteiger partial charge in [0.2, 0.25) is 0 Å². The summed E-state index contributed by atoms with van der Waals surface area (Å²) < 4.78 is 16.6. The van der Waals surface area contributed by atoms with Crippen LogP contribution >= 0.6 is 24.0 Å². The first-order chi connectivity index (χ1) is 11.1. The van der Waals surface area contributed by atoms with Gasteiger partial charge < -0.3 is 24.5 Å². The van der Waals surface area contributed by atoms with E-state index in [1.165, 1.54) is 0 Å². The van der Waals surface area contributed by atoms with Crippen LogP contribution in [0.15, 0.2) is 27.8 Å². The molecule has 0 amide bonds. The fourth-order valence-electron chi connectivity index (χ4n) is 2.32. The van der Waals surface area contributed by atoms with Gasteiger partial charge >= 0.3 is 0 Å². The highest BCUT2D eigenvalue weighted by atomic mass is 127. The maximum Gasteiger partial charge on any atom is 0.191 e. The summed E-state index contributed by atoms with van der Waals surface area (Å²) in [6.45, 7) is 9.97. The maximum atomic E-state index is 5.62. The van der Waals surface area contributed by atoms with Gasteiger partial charge in [0.05, 0.1) is 19.5 Å². The van der Waals surface area contributed by atoms with E-state index in [4.69, 9.17) is 13.9 Å². The zero-order valence-electron chi connectivity index (χ0n) is 14.8. The number of nitrogens with zero attached hydrogens (tertiary/aromatic N) is 1. The van der Waals surface area contributed by atoms with Crippen LogP contribution in [0.25, 0.3) is 0 Å². The van der Waals surface area contributed by atoms with E-state index < -0.39 is 5.79 Å². The van der Waals surface area contributed by atoms with E-state index in [1.807, 2.05) is 19.1 Å². The number of nitrogens with one attached hydrogen (secondary N) is 2. The van der Waals surface area contributed by atoms with Gasteiger partial charge in [0.25, 0.3) is 0 Å². The van der Waals surface area contributed by atoms with E-state index >= 15 is 0 Å². The zero-order chi connectivity index (χ0) is 16.5. The number of hydrogen-bond acceptors (Lipinski definition) is 4. The first-order valence-corrected chi connectivity index (χ1v) is 8.40. The third kappa shape index (κ3) is 7.85. The van der Waals surface area contributed by atoms with Gasteiger partial charge in [-0.15, -0.1) is 24.0 Å². The molecular weight excluding hydrogens is 421 g/mol. The molecule has 1 aromatic rings. The smallest absolute Gasteiger partial charge is 0.191 e. The molecule has 0 radical (unpaired) electrons. The highest BCUT2D eigenvalue weighted by Gasteiger charge is 2.30. The van der Waals surface area contributed by atoms with E-state index in [2.05, 4.69) is 29.5 Å². The first-order valence-electron chi connectivity index (χ1n) is 8.40. The molecule has 1 aliphatic rings. The number of aliphatic imine (C=N–C) groups is 1. The highest BCUT2D eigenvalue weighted by Crippen LogP contribution is 2.21. The molecule has 7 heteroatoms. The van der Waals surface area contributed by atoms with Gasteiger partial charge in [0.15, 0.2) is 11.7 Å². The number of rotatable bonds is 8. The molecular formula is C17H30IN3O3. The topological polar surface area (TPSA) is 68.0 Å². The van der Waals surface area contributed by atoms with Crippen molar-refractivity contribution in [2.45, 2.75) is 39.4 Å². The molecule has 2 N–H and O–H groups in total. The normalized spacial score (nSPS) is 16.9. The van der Waals surface area contributed by atoms with Crippen LogP contribution in [0.3, 0.4) is 0 Å². The number of hydrogen-bond donors (Lipinski definition) is 2. The fraction of sp³-hybridized carbons (Fsp3) is 0.706. The molecule has 1 aliphatic heterocycles. The van der Waals surface area contributed by atoms with Gasteiger partial charge in [0, 0.05) is 32.5 Å². The SMILES string of the molecule is CC(C)CN=C(NCCc1ccco1)NCCC1(C)OCCO1.I. The standard InChI is InChI=1S/C17H29N3O3.HI/c1-14(2)13-20-16(18-8-6-15-5-4-10-21-15)19-9-7-17(3)22-11-12-23-17;/h4-5,10,14H,6-9,11-13H2,1-3H3,(H2,18,19,20);1H. The second kappa shape index (κ2) is 10.9. The molecule has 0 aromatic carbocycles. The third-order valence-electron chi connectivity index (χ3n) is 3.63. The minimum atomic E-state index is -0.468. The fourth-order valence-corrected chi connectivity index (χ4v) is 2.32. The Labute approximate surface area is 161 Å². The van der Waals surface area contributed by atoms with E-state index in [0.717, 1.165) is 44.2 Å². The molecule has 0 atom stereocenters. The third-order valence-corrected chi connectivity index (χ3v) is 3.63. The van der Waals surface area contributed by atoms with Gasteiger partial charge in [-0.1, -0.05) is 13.8 Å². The molecule has 0 bridgehead atoms. The summed E-state index contributed by atoms with van der Waals surface area (Å²) in [5, 5.41) is 6.70. The molecule has 24 heavy (non-hydrogen) atoms. The van der Waals surface area contributed by atoms with E-state index in [0.29, 0.717) is 19.1 Å². The minimum Gasteiger partial charge on any atom is -0.469 e. The van der Waals surface area contributed by atoms with Crippen LogP contribution in [0.5, 0.6) is 0 Å². The molecule has 2 heterocycles. The van der Waals surface area contributed by atoms with Crippen molar-refractivity contribution in [1.29, 1.82) is 0 Å². The Morgan fingerprint density at radius 1 is 1.25 bits per heavy atom. The predicted molar refractivity (Wildman–Crippen MR) is 106 cm³/mol. The number of halogens is 1. The van der Waals surface area contributed by atoms with Crippen LogP contribution < -0.4 is 10.6 Å². The summed E-state index contributed by atoms with van der Waals surface area (Å²) >= 11 is 0. The van der Waals surface area contributed by atoms with Crippen LogP contribution in [-0.4, -0.2) is 44.6 Å². The lowest BCUT2D eigenvalue weighted by molar-refractivity contribution is -0.145. The van der Waals surface area contributed by atoms with E-state index in [-0.39, 0.29) is 24.0 Å². The summed E-state index contributed by atoms with van der Waals surface area (Å²) in [6.07, 6.45) is 3.32. The Morgan fingerprint density at radius 2 is 1.96 bits per heavy atom. The molecule has 1 saturated heterocycles. The zero-order valence-corrected chi connectivity index (χ0v) is 17.2. The summed E-state index contributed by atoms with van der Waals surface area (Å²) in [4.78, 5) is 4.61. The van der Waals surface area contributed by atoms with Crippen molar-refractivity contribution in [2.75, 3.05) is 32.8 Å². The average Bonchev–Trinajstić information content (AvgIpc) is 3.16. The van der Waals surface area contributed by atoms with Crippen molar-refractivity contribution in [3.63, 3.8) is 0 Å². The molecule has 138 valence electrons. The Hall–Kier alpha value is -0.800. The number of ether oxygens (including phenoxy) is 2. The van der Waals surface area contributed by atoms with Crippen LogP contribution in [0.2, 0.25) is 0 Å². The van der Waals surface area contributed by atoms with Crippen molar-refractivity contribution in [3.8, 4) is 0 Å². The Bertz CT molecular complexity index is 471. The summed E-state index contributed by atoms with van der Waals surface area (Å²) in [5.74, 6) is 1.86. The molecule has 0 aliphatic carbocycles.